The zero-order valence-electron chi connectivity index (χ0n) is 13.6. The van der Waals surface area contributed by atoms with Crippen molar-refractivity contribution in [2.24, 2.45) is 0 Å². The van der Waals surface area contributed by atoms with Crippen molar-refractivity contribution in [3.63, 3.8) is 0 Å². The average Bonchev–Trinajstić information content (AvgIpc) is 2.60. The summed E-state index contributed by atoms with van der Waals surface area (Å²) in [4.78, 5) is 11.4. The first-order chi connectivity index (χ1) is 11.9. The maximum absolute atomic E-state index is 12.5. The number of amides is 1. The third-order valence-corrected chi connectivity index (χ3v) is 5.21. The first-order valence-electron chi connectivity index (χ1n) is 7.57. The molecule has 0 saturated heterocycles. The minimum atomic E-state index is -3.60. The highest BCUT2D eigenvalue weighted by molar-refractivity contribution is 7.91. The zero-order valence-corrected chi connectivity index (χ0v) is 15.1. The third kappa shape index (κ3) is 5.37. The summed E-state index contributed by atoms with van der Waals surface area (Å²) < 4.78 is 35.2. The predicted octanol–water partition coefficient (Wildman–Crippen LogP) is 3.30. The van der Waals surface area contributed by atoms with E-state index in [4.69, 9.17) is 21.1 Å². The monoisotopic (exact) mass is 383 g/mol. The SMILES string of the molecule is CCOC(=O)NCCOc1ccc(S(=O)(=O)c2ccc(Cl)cc2)cc1. The molecule has 0 radical (unpaired) electrons. The van der Waals surface area contributed by atoms with E-state index in [0.29, 0.717) is 17.4 Å². The molecule has 1 amide bonds. The number of ether oxygens (including phenoxy) is 2. The number of halogens is 1. The Bertz CT molecular complexity index is 804. The fraction of sp³-hybridized carbons (Fsp3) is 0.235. The van der Waals surface area contributed by atoms with Gasteiger partial charge < -0.3 is 14.8 Å². The first-order valence-corrected chi connectivity index (χ1v) is 9.43. The Hall–Kier alpha value is -2.25. The van der Waals surface area contributed by atoms with Crippen molar-refractivity contribution in [1.82, 2.24) is 5.32 Å². The molecule has 0 saturated carbocycles. The third-order valence-electron chi connectivity index (χ3n) is 3.17. The summed E-state index contributed by atoms with van der Waals surface area (Å²) in [5.41, 5.74) is 0. The molecule has 134 valence electrons. The number of carbonyl (C=O) groups is 1. The van der Waals surface area contributed by atoms with Crippen LogP contribution in [0.3, 0.4) is 0 Å². The molecule has 0 aliphatic carbocycles. The number of benzene rings is 2. The van der Waals surface area contributed by atoms with Crippen LogP contribution in [0.25, 0.3) is 0 Å². The lowest BCUT2D eigenvalue weighted by Crippen LogP contribution is -2.28. The topological polar surface area (TPSA) is 81.7 Å². The highest BCUT2D eigenvalue weighted by Crippen LogP contribution is 2.24. The van der Waals surface area contributed by atoms with Crippen molar-refractivity contribution >= 4 is 27.5 Å². The van der Waals surface area contributed by atoms with Crippen LogP contribution >= 0.6 is 11.6 Å². The van der Waals surface area contributed by atoms with E-state index in [9.17, 15) is 13.2 Å². The highest BCUT2D eigenvalue weighted by atomic mass is 35.5. The molecule has 0 bridgehead atoms. The van der Waals surface area contributed by atoms with Crippen LogP contribution in [0.4, 0.5) is 4.79 Å². The fourth-order valence-electron chi connectivity index (χ4n) is 1.97. The van der Waals surface area contributed by atoms with Crippen LogP contribution in [0.15, 0.2) is 58.3 Å². The van der Waals surface area contributed by atoms with E-state index in [2.05, 4.69) is 5.32 Å². The van der Waals surface area contributed by atoms with Crippen LogP contribution < -0.4 is 10.1 Å². The summed E-state index contributed by atoms with van der Waals surface area (Å²) in [6.07, 6.45) is -0.504. The van der Waals surface area contributed by atoms with E-state index >= 15 is 0 Å². The Balaban J connectivity index is 1.95. The van der Waals surface area contributed by atoms with Gasteiger partial charge in [-0.3, -0.25) is 0 Å². The number of hydrogen-bond donors (Lipinski definition) is 1. The van der Waals surface area contributed by atoms with Crippen LogP contribution in [0, 0.1) is 0 Å². The van der Waals surface area contributed by atoms with Crippen molar-refractivity contribution in [2.45, 2.75) is 16.7 Å². The van der Waals surface area contributed by atoms with Crippen LogP contribution in [-0.4, -0.2) is 34.3 Å². The number of nitrogens with one attached hydrogen (secondary N) is 1. The lowest BCUT2D eigenvalue weighted by Gasteiger charge is -2.09. The van der Waals surface area contributed by atoms with Crippen molar-refractivity contribution in [3.8, 4) is 5.75 Å². The standard InChI is InChI=1S/C17H18ClNO5S/c1-2-23-17(20)19-11-12-24-14-5-9-16(10-6-14)25(21,22)15-7-3-13(18)4-8-15/h3-10H,2,11-12H2,1H3,(H,19,20). The quantitative estimate of drug-likeness (QED) is 0.742. The van der Waals surface area contributed by atoms with Gasteiger partial charge in [-0.05, 0) is 55.5 Å². The average molecular weight is 384 g/mol. The van der Waals surface area contributed by atoms with Gasteiger partial charge in [0.05, 0.1) is 22.9 Å². The summed E-state index contributed by atoms with van der Waals surface area (Å²) >= 11 is 5.78. The lowest BCUT2D eigenvalue weighted by atomic mass is 10.3. The zero-order chi connectivity index (χ0) is 18.3. The lowest BCUT2D eigenvalue weighted by molar-refractivity contribution is 0.150. The molecule has 2 rings (SSSR count). The fourth-order valence-corrected chi connectivity index (χ4v) is 3.36. The van der Waals surface area contributed by atoms with E-state index in [0.717, 1.165) is 0 Å². The van der Waals surface area contributed by atoms with Gasteiger partial charge >= 0.3 is 6.09 Å². The van der Waals surface area contributed by atoms with E-state index < -0.39 is 15.9 Å². The molecule has 0 fully saturated rings. The molecule has 0 unspecified atom stereocenters. The Morgan fingerprint density at radius 3 is 2.16 bits per heavy atom. The molecule has 0 aliphatic heterocycles. The molecular formula is C17H18ClNO5S. The van der Waals surface area contributed by atoms with Gasteiger partial charge in [0.15, 0.2) is 0 Å². The van der Waals surface area contributed by atoms with Crippen LogP contribution in [-0.2, 0) is 14.6 Å². The number of sulfone groups is 1. The van der Waals surface area contributed by atoms with Gasteiger partial charge in [-0.25, -0.2) is 13.2 Å². The molecule has 0 aromatic heterocycles. The van der Waals surface area contributed by atoms with Gasteiger partial charge in [-0.1, -0.05) is 11.6 Å². The van der Waals surface area contributed by atoms with Crippen LogP contribution in [0.2, 0.25) is 5.02 Å². The van der Waals surface area contributed by atoms with E-state index in [1.807, 2.05) is 0 Å². The van der Waals surface area contributed by atoms with Gasteiger partial charge in [0.2, 0.25) is 9.84 Å². The van der Waals surface area contributed by atoms with Gasteiger partial charge in [-0.2, -0.15) is 0 Å². The molecule has 2 aromatic rings. The summed E-state index contributed by atoms with van der Waals surface area (Å²) in [7, 11) is -3.60. The van der Waals surface area contributed by atoms with Crippen LogP contribution in [0.1, 0.15) is 6.92 Å². The van der Waals surface area contributed by atoms with E-state index in [1.54, 1.807) is 19.1 Å². The minimum absolute atomic E-state index is 0.159. The Morgan fingerprint density at radius 1 is 1.04 bits per heavy atom. The molecule has 0 heterocycles. The second-order valence-electron chi connectivity index (χ2n) is 4.92. The normalized spacial score (nSPS) is 11.0. The summed E-state index contributed by atoms with van der Waals surface area (Å²) in [6, 6.07) is 12.0. The minimum Gasteiger partial charge on any atom is -0.492 e. The van der Waals surface area contributed by atoms with Gasteiger partial charge in [0, 0.05) is 5.02 Å². The Labute approximate surface area is 151 Å². The second-order valence-corrected chi connectivity index (χ2v) is 7.31. The van der Waals surface area contributed by atoms with Crippen molar-refractivity contribution in [3.05, 3.63) is 53.6 Å². The molecule has 2 aromatic carbocycles. The Morgan fingerprint density at radius 2 is 1.60 bits per heavy atom. The molecule has 25 heavy (non-hydrogen) atoms. The molecule has 1 N–H and O–H groups in total. The molecule has 0 atom stereocenters. The van der Waals surface area contributed by atoms with E-state index in [1.165, 1.54) is 36.4 Å². The molecule has 6 nitrogen and oxygen atoms in total. The van der Waals surface area contributed by atoms with Gasteiger partial charge in [0.1, 0.15) is 12.4 Å². The number of hydrogen-bond acceptors (Lipinski definition) is 5. The Kier molecular flexibility index (Phi) is 6.66. The molecule has 0 spiro atoms. The summed E-state index contributed by atoms with van der Waals surface area (Å²) in [6.45, 7) is 2.54. The highest BCUT2D eigenvalue weighted by Gasteiger charge is 2.17. The summed E-state index contributed by atoms with van der Waals surface area (Å²) in [5.74, 6) is 0.501. The number of alkyl carbamates (subject to hydrolysis) is 1. The number of rotatable bonds is 7. The van der Waals surface area contributed by atoms with Crippen molar-refractivity contribution in [2.75, 3.05) is 19.8 Å². The van der Waals surface area contributed by atoms with Gasteiger partial charge in [0.25, 0.3) is 0 Å². The summed E-state index contributed by atoms with van der Waals surface area (Å²) in [5, 5.41) is 2.99. The number of carbonyl (C=O) groups excluding carboxylic acids is 1. The largest absolute Gasteiger partial charge is 0.492 e. The van der Waals surface area contributed by atoms with Crippen molar-refractivity contribution in [1.29, 1.82) is 0 Å². The predicted molar refractivity (Wildman–Crippen MR) is 93.9 cm³/mol. The molecule has 0 aliphatic rings. The molecular weight excluding hydrogens is 366 g/mol. The second kappa shape index (κ2) is 8.73. The van der Waals surface area contributed by atoms with E-state index in [-0.39, 0.29) is 22.9 Å². The first kappa shape index (κ1) is 19.1. The van der Waals surface area contributed by atoms with Crippen LogP contribution in [0.5, 0.6) is 5.75 Å². The maximum Gasteiger partial charge on any atom is 0.407 e. The molecule has 8 heteroatoms. The van der Waals surface area contributed by atoms with Crippen molar-refractivity contribution < 1.29 is 22.7 Å². The smallest absolute Gasteiger partial charge is 0.407 e. The maximum atomic E-state index is 12.5. The van der Waals surface area contributed by atoms with Gasteiger partial charge in [-0.15, -0.1) is 0 Å².